The zero-order chi connectivity index (χ0) is 16.9. The number of hydrogen-bond acceptors (Lipinski definition) is 2. The monoisotopic (exact) mass is 345 g/mol. The predicted octanol–water partition coefficient (Wildman–Crippen LogP) is 5.89. The zero-order valence-electron chi connectivity index (χ0n) is 14.6. The molecule has 2 rings (SSSR count). The smallest absolute Gasteiger partial charge is 0.193 e. The third-order valence-electron chi connectivity index (χ3n) is 4.70. The van der Waals surface area contributed by atoms with Crippen LogP contribution in [-0.2, 0) is 9.73 Å². The van der Waals surface area contributed by atoms with Crippen molar-refractivity contribution in [3.63, 3.8) is 0 Å². The summed E-state index contributed by atoms with van der Waals surface area (Å²) in [4.78, 5) is 1.66. The van der Waals surface area contributed by atoms with E-state index in [2.05, 4.69) is 27.7 Å². The third-order valence-corrected chi connectivity index (χ3v) is 13.0. The van der Waals surface area contributed by atoms with Gasteiger partial charge in [-0.05, 0) is 49.3 Å². The van der Waals surface area contributed by atoms with Gasteiger partial charge in [-0.15, -0.1) is 0 Å². The van der Waals surface area contributed by atoms with E-state index in [1.165, 1.54) is 5.56 Å². The van der Waals surface area contributed by atoms with Gasteiger partial charge in [-0.3, -0.25) is 4.03 Å². The summed E-state index contributed by atoms with van der Waals surface area (Å²) in [6.07, 6.45) is 0. The molecule has 4 heteroatoms. The van der Waals surface area contributed by atoms with E-state index in [-0.39, 0.29) is 0 Å². The molecule has 1 unspecified atom stereocenters. The van der Waals surface area contributed by atoms with Crippen molar-refractivity contribution in [2.24, 2.45) is 4.03 Å². The van der Waals surface area contributed by atoms with Gasteiger partial charge in [-0.25, -0.2) is 4.21 Å². The zero-order valence-corrected chi connectivity index (χ0v) is 16.4. The second-order valence-electron chi connectivity index (χ2n) is 6.03. The Morgan fingerprint density at radius 3 is 1.78 bits per heavy atom. The summed E-state index contributed by atoms with van der Waals surface area (Å²) in [7, 11) is -4.45. The van der Waals surface area contributed by atoms with Crippen molar-refractivity contribution >= 4 is 18.0 Å². The van der Waals surface area contributed by atoms with E-state index in [0.717, 1.165) is 27.9 Å². The van der Waals surface area contributed by atoms with Crippen LogP contribution in [0.25, 0.3) is 0 Å². The van der Waals surface area contributed by atoms with Crippen molar-refractivity contribution in [3.8, 4) is 0 Å². The van der Waals surface area contributed by atoms with Gasteiger partial charge in [0.05, 0.1) is 19.5 Å². The molecule has 124 valence electrons. The lowest BCUT2D eigenvalue weighted by atomic mass is 10.2. The molecule has 1 atom stereocenters. The lowest BCUT2D eigenvalue weighted by Gasteiger charge is -2.25. The van der Waals surface area contributed by atoms with Crippen LogP contribution in [0.15, 0.2) is 68.4 Å². The third kappa shape index (κ3) is 3.75. The fourth-order valence-electron chi connectivity index (χ4n) is 2.79. The molecule has 0 saturated heterocycles. The summed E-state index contributed by atoms with van der Waals surface area (Å²) < 4.78 is 19.2. The van der Waals surface area contributed by atoms with Gasteiger partial charge >= 0.3 is 0 Å². The average Bonchev–Trinajstić information content (AvgIpc) is 2.61. The van der Waals surface area contributed by atoms with Gasteiger partial charge in [0.1, 0.15) is 0 Å². The number of aryl methyl sites for hydroxylation is 1. The van der Waals surface area contributed by atoms with E-state index in [4.69, 9.17) is 4.03 Å². The molecule has 0 N–H and O–H groups in total. The van der Waals surface area contributed by atoms with Crippen LogP contribution in [0.3, 0.4) is 0 Å². The topological polar surface area (TPSA) is 29.4 Å². The Morgan fingerprint density at radius 2 is 1.30 bits per heavy atom. The van der Waals surface area contributed by atoms with Crippen LogP contribution >= 0.6 is 0 Å². The minimum atomic E-state index is -2.57. The van der Waals surface area contributed by atoms with Crippen LogP contribution in [0.1, 0.15) is 26.3 Å². The molecule has 0 spiro atoms. The van der Waals surface area contributed by atoms with Crippen LogP contribution in [0, 0.1) is 6.92 Å². The first kappa shape index (κ1) is 18.0. The van der Waals surface area contributed by atoms with Crippen molar-refractivity contribution in [3.05, 3.63) is 60.2 Å². The molecule has 0 amide bonds. The van der Waals surface area contributed by atoms with E-state index in [9.17, 15) is 4.21 Å². The minimum absolute atomic E-state index is 0.830. The molecule has 0 radical (unpaired) electrons. The minimum Gasteiger partial charge on any atom is -0.269 e. The molecule has 23 heavy (non-hydrogen) atoms. The quantitative estimate of drug-likeness (QED) is 0.600. The number of benzene rings is 2. The average molecular weight is 346 g/mol. The highest BCUT2D eigenvalue weighted by atomic mass is 32.2. The Labute approximate surface area is 142 Å². The van der Waals surface area contributed by atoms with Crippen molar-refractivity contribution < 1.29 is 4.21 Å². The van der Waals surface area contributed by atoms with E-state index in [1.807, 2.05) is 54.6 Å². The number of hydrogen-bond donors (Lipinski definition) is 0. The molecular formula is C19H27NOSSi. The normalized spacial score (nSPS) is 14.3. The highest BCUT2D eigenvalue weighted by Crippen LogP contribution is 2.31. The molecule has 0 aliphatic carbocycles. The van der Waals surface area contributed by atoms with Crippen LogP contribution in [0.2, 0.25) is 18.1 Å². The summed E-state index contributed by atoms with van der Waals surface area (Å²) in [5, 5.41) is 0. The molecule has 0 aliphatic rings. The van der Waals surface area contributed by atoms with Gasteiger partial charge in [0.25, 0.3) is 0 Å². The van der Waals surface area contributed by atoms with Gasteiger partial charge < -0.3 is 0 Å². The maximum absolute atomic E-state index is 14.1. The van der Waals surface area contributed by atoms with Crippen molar-refractivity contribution in [2.75, 3.05) is 0 Å². The Bertz CT molecular complexity index is 734. The second kappa shape index (κ2) is 7.45. The van der Waals surface area contributed by atoms with E-state index in [0.29, 0.717) is 0 Å². The number of rotatable bonds is 6. The SMILES string of the molecule is CC[Si](CC)(CC)N=S(=O)(c1ccccc1)c1ccc(C)cc1. The fourth-order valence-corrected chi connectivity index (χ4v) is 10.2. The van der Waals surface area contributed by atoms with Crippen LogP contribution in [-0.4, -0.2) is 12.4 Å². The van der Waals surface area contributed by atoms with Crippen LogP contribution < -0.4 is 0 Å². The van der Waals surface area contributed by atoms with Gasteiger partial charge in [0.2, 0.25) is 0 Å². The molecule has 2 aromatic carbocycles. The standard InChI is InChI=1S/C19H27NOSSi/c1-5-23(6-2,7-3)20-22(21,18-11-9-8-10-12-18)19-15-13-17(4)14-16-19/h8-16H,5-7H2,1-4H3. The molecule has 0 saturated carbocycles. The summed E-state index contributed by atoms with van der Waals surface area (Å²) in [6.45, 7) is 8.64. The van der Waals surface area contributed by atoms with E-state index in [1.54, 1.807) is 0 Å². The summed E-state index contributed by atoms with van der Waals surface area (Å²) in [5.41, 5.74) is 1.17. The maximum atomic E-state index is 14.1. The first-order chi connectivity index (χ1) is 11.0. The Balaban J connectivity index is 2.76. The molecule has 0 heterocycles. The van der Waals surface area contributed by atoms with Crippen LogP contribution in [0.4, 0.5) is 0 Å². The molecular weight excluding hydrogens is 318 g/mol. The van der Waals surface area contributed by atoms with Gasteiger partial charge in [0, 0.05) is 0 Å². The highest BCUT2D eigenvalue weighted by Gasteiger charge is 2.31. The van der Waals surface area contributed by atoms with E-state index >= 15 is 0 Å². The first-order valence-corrected chi connectivity index (χ1v) is 12.5. The molecule has 2 nitrogen and oxygen atoms in total. The lowest BCUT2D eigenvalue weighted by Crippen LogP contribution is -2.30. The summed E-state index contributed by atoms with van der Waals surface area (Å²) in [6, 6.07) is 20.9. The largest absolute Gasteiger partial charge is 0.269 e. The van der Waals surface area contributed by atoms with Crippen LogP contribution in [0.5, 0.6) is 0 Å². The second-order valence-corrected chi connectivity index (χ2v) is 13.3. The highest BCUT2D eigenvalue weighted by molar-refractivity contribution is 7.94. The molecule has 0 fully saturated rings. The van der Waals surface area contributed by atoms with Crippen molar-refractivity contribution in [1.29, 1.82) is 0 Å². The molecule has 2 aromatic rings. The Kier molecular flexibility index (Phi) is 5.82. The van der Waals surface area contributed by atoms with Crippen molar-refractivity contribution in [1.82, 2.24) is 0 Å². The Hall–Kier alpha value is -1.39. The van der Waals surface area contributed by atoms with Gasteiger partial charge in [0.15, 0.2) is 8.24 Å². The Morgan fingerprint density at radius 1 is 0.826 bits per heavy atom. The van der Waals surface area contributed by atoms with Crippen molar-refractivity contribution in [2.45, 2.75) is 55.6 Å². The summed E-state index contributed by atoms with van der Waals surface area (Å²) in [5.74, 6) is 0. The molecule has 0 bridgehead atoms. The van der Waals surface area contributed by atoms with Gasteiger partial charge in [-0.2, -0.15) is 0 Å². The van der Waals surface area contributed by atoms with Gasteiger partial charge in [-0.1, -0.05) is 56.7 Å². The molecule has 0 aliphatic heterocycles. The molecule has 0 aromatic heterocycles. The predicted molar refractivity (Wildman–Crippen MR) is 102 cm³/mol. The maximum Gasteiger partial charge on any atom is 0.193 e. The fraction of sp³-hybridized carbons (Fsp3) is 0.368. The van der Waals surface area contributed by atoms with E-state index < -0.39 is 18.0 Å². The lowest BCUT2D eigenvalue weighted by molar-refractivity contribution is 0.677. The first-order valence-electron chi connectivity index (χ1n) is 8.40. The summed E-state index contributed by atoms with van der Waals surface area (Å²) >= 11 is 0. The number of nitrogens with zero attached hydrogens (tertiary/aromatic N) is 1.